The van der Waals surface area contributed by atoms with Gasteiger partial charge in [-0.25, -0.2) is 9.38 Å². The van der Waals surface area contributed by atoms with Crippen LogP contribution < -0.4 is 10.1 Å². The zero-order valence-electron chi connectivity index (χ0n) is 14.2. The van der Waals surface area contributed by atoms with Crippen molar-refractivity contribution in [2.45, 2.75) is 19.8 Å². The summed E-state index contributed by atoms with van der Waals surface area (Å²) in [5, 5.41) is 2.77. The molecule has 4 nitrogen and oxygen atoms in total. The highest BCUT2D eigenvalue weighted by Crippen LogP contribution is 2.24. The molecule has 0 unspecified atom stereocenters. The van der Waals surface area contributed by atoms with Crippen molar-refractivity contribution < 1.29 is 13.9 Å². The number of carbonyl (C=O) groups excluding carboxylic acids is 1. The number of aliphatic imine (C=N–C) groups is 1. The topological polar surface area (TPSA) is 50.7 Å². The van der Waals surface area contributed by atoms with E-state index in [9.17, 15) is 9.18 Å². The highest BCUT2D eigenvalue weighted by Gasteiger charge is 2.20. The third-order valence-electron chi connectivity index (χ3n) is 4.12. The van der Waals surface area contributed by atoms with Crippen molar-refractivity contribution in [3.05, 3.63) is 70.7 Å². The predicted octanol–water partition coefficient (Wildman–Crippen LogP) is 3.64. The number of hydrogen-bond donors (Lipinski definition) is 1. The Morgan fingerprint density at radius 3 is 2.76 bits per heavy atom. The molecule has 1 N–H and O–H groups in total. The summed E-state index contributed by atoms with van der Waals surface area (Å²) in [5.74, 6) is 0.432. The SMILES string of the molecule is COc1ccc(F)cc1/C=C1/N=C(CCc2ccccc2C)NC1=O. The van der Waals surface area contributed by atoms with Crippen LogP contribution in [-0.4, -0.2) is 18.9 Å². The molecule has 1 amide bonds. The molecule has 0 aromatic heterocycles. The molecule has 3 rings (SSSR count). The van der Waals surface area contributed by atoms with Crippen LogP contribution in [0.2, 0.25) is 0 Å². The van der Waals surface area contributed by atoms with Gasteiger partial charge in [-0.05, 0) is 48.7 Å². The maximum absolute atomic E-state index is 13.5. The first-order chi connectivity index (χ1) is 12.1. The van der Waals surface area contributed by atoms with Crippen LogP contribution in [0.3, 0.4) is 0 Å². The summed E-state index contributed by atoms with van der Waals surface area (Å²) in [4.78, 5) is 16.5. The first kappa shape index (κ1) is 16.9. The van der Waals surface area contributed by atoms with Crippen molar-refractivity contribution in [1.82, 2.24) is 5.32 Å². The van der Waals surface area contributed by atoms with Crippen molar-refractivity contribution in [1.29, 1.82) is 0 Å². The van der Waals surface area contributed by atoms with E-state index in [1.54, 1.807) is 0 Å². The number of aryl methyl sites for hydroxylation is 2. The van der Waals surface area contributed by atoms with Crippen molar-refractivity contribution in [3.8, 4) is 5.75 Å². The van der Waals surface area contributed by atoms with Crippen LogP contribution in [-0.2, 0) is 11.2 Å². The number of hydrogen-bond acceptors (Lipinski definition) is 3. The van der Waals surface area contributed by atoms with Crippen LogP contribution >= 0.6 is 0 Å². The number of amidine groups is 1. The lowest BCUT2D eigenvalue weighted by atomic mass is 10.0. The Morgan fingerprint density at radius 2 is 2.00 bits per heavy atom. The van der Waals surface area contributed by atoms with Crippen molar-refractivity contribution in [2.24, 2.45) is 4.99 Å². The Bertz CT molecular complexity index is 872. The number of rotatable bonds is 5. The number of carbonyl (C=O) groups is 1. The van der Waals surface area contributed by atoms with Gasteiger partial charge >= 0.3 is 0 Å². The second kappa shape index (κ2) is 7.30. The van der Waals surface area contributed by atoms with Crippen molar-refractivity contribution >= 4 is 17.8 Å². The van der Waals surface area contributed by atoms with Gasteiger partial charge in [0.25, 0.3) is 5.91 Å². The average molecular weight is 338 g/mol. The Balaban J connectivity index is 1.78. The van der Waals surface area contributed by atoms with Crippen molar-refractivity contribution in [2.75, 3.05) is 7.11 Å². The second-order valence-corrected chi connectivity index (χ2v) is 5.85. The molecule has 1 heterocycles. The quantitative estimate of drug-likeness (QED) is 0.846. The van der Waals surface area contributed by atoms with E-state index in [4.69, 9.17) is 4.74 Å². The third-order valence-corrected chi connectivity index (χ3v) is 4.12. The number of methoxy groups -OCH3 is 1. The van der Waals surface area contributed by atoms with Crippen LogP contribution in [0.4, 0.5) is 4.39 Å². The fraction of sp³-hybridized carbons (Fsp3) is 0.200. The second-order valence-electron chi connectivity index (χ2n) is 5.85. The smallest absolute Gasteiger partial charge is 0.275 e. The van der Waals surface area contributed by atoms with Gasteiger partial charge in [0.1, 0.15) is 23.1 Å². The Morgan fingerprint density at radius 1 is 1.20 bits per heavy atom. The van der Waals surface area contributed by atoms with E-state index < -0.39 is 5.82 Å². The fourth-order valence-corrected chi connectivity index (χ4v) is 2.74. The summed E-state index contributed by atoms with van der Waals surface area (Å²) in [7, 11) is 1.50. The molecule has 0 aliphatic carbocycles. The van der Waals surface area contributed by atoms with Gasteiger partial charge < -0.3 is 10.1 Å². The monoisotopic (exact) mass is 338 g/mol. The standard InChI is InChI=1S/C20H19FN2O2/c1-13-5-3-4-6-14(13)7-10-19-22-17(20(24)23-19)12-15-11-16(21)8-9-18(15)25-2/h3-6,8-9,11-12H,7,10H2,1-2H3,(H,22,23,24)/b17-12+. The lowest BCUT2D eigenvalue weighted by Gasteiger charge is -2.04. The summed E-state index contributed by atoms with van der Waals surface area (Å²) in [6.45, 7) is 2.06. The largest absolute Gasteiger partial charge is 0.496 e. The highest BCUT2D eigenvalue weighted by molar-refractivity contribution is 6.14. The molecule has 2 aromatic carbocycles. The lowest BCUT2D eigenvalue weighted by molar-refractivity contribution is -0.115. The van der Waals surface area contributed by atoms with E-state index in [-0.39, 0.29) is 11.6 Å². The summed E-state index contributed by atoms with van der Waals surface area (Å²) in [5.41, 5.74) is 3.18. The molecule has 0 atom stereocenters. The Hall–Kier alpha value is -2.95. The number of nitrogens with one attached hydrogen (secondary N) is 1. The minimum atomic E-state index is -0.394. The zero-order chi connectivity index (χ0) is 17.8. The molecule has 1 aliphatic rings. The molecular weight excluding hydrogens is 319 g/mol. The maximum atomic E-state index is 13.5. The zero-order valence-corrected chi connectivity index (χ0v) is 14.2. The maximum Gasteiger partial charge on any atom is 0.275 e. The molecule has 1 aliphatic heterocycles. The van der Waals surface area contributed by atoms with Crippen LogP contribution in [0, 0.1) is 12.7 Å². The van der Waals surface area contributed by atoms with E-state index in [0.29, 0.717) is 23.6 Å². The number of amides is 1. The third kappa shape index (κ3) is 3.94. The average Bonchev–Trinajstić information content (AvgIpc) is 2.94. The fourth-order valence-electron chi connectivity index (χ4n) is 2.74. The van der Waals surface area contributed by atoms with E-state index >= 15 is 0 Å². The minimum Gasteiger partial charge on any atom is -0.496 e. The summed E-state index contributed by atoms with van der Waals surface area (Å²) < 4.78 is 18.7. The molecule has 0 bridgehead atoms. The molecule has 25 heavy (non-hydrogen) atoms. The van der Waals surface area contributed by atoms with Gasteiger partial charge in [0.2, 0.25) is 0 Å². The summed E-state index contributed by atoms with van der Waals surface area (Å²) >= 11 is 0. The lowest BCUT2D eigenvalue weighted by Crippen LogP contribution is -2.24. The Kier molecular flexibility index (Phi) is 4.93. The van der Waals surface area contributed by atoms with Crippen LogP contribution in [0.25, 0.3) is 6.08 Å². The van der Waals surface area contributed by atoms with E-state index in [1.165, 1.54) is 42.5 Å². The number of ether oxygens (including phenoxy) is 1. The highest BCUT2D eigenvalue weighted by atomic mass is 19.1. The molecule has 0 saturated heterocycles. The molecule has 0 radical (unpaired) electrons. The summed E-state index contributed by atoms with van der Waals surface area (Å²) in [6.07, 6.45) is 2.97. The number of nitrogens with zero attached hydrogens (tertiary/aromatic N) is 1. The molecule has 2 aromatic rings. The molecule has 0 fully saturated rings. The van der Waals surface area contributed by atoms with Gasteiger partial charge in [-0.3, -0.25) is 4.79 Å². The number of halogens is 1. The molecule has 0 spiro atoms. The van der Waals surface area contributed by atoms with E-state index in [0.717, 1.165) is 6.42 Å². The number of benzene rings is 2. The van der Waals surface area contributed by atoms with Crippen LogP contribution in [0.5, 0.6) is 5.75 Å². The molecule has 128 valence electrons. The first-order valence-electron chi connectivity index (χ1n) is 8.05. The predicted molar refractivity (Wildman–Crippen MR) is 96.0 cm³/mol. The van der Waals surface area contributed by atoms with E-state index in [2.05, 4.69) is 29.4 Å². The van der Waals surface area contributed by atoms with Crippen LogP contribution in [0.15, 0.2) is 53.2 Å². The first-order valence-corrected chi connectivity index (χ1v) is 8.05. The van der Waals surface area contributed by atoms with Gasteiger partial charge in [0, 0.05) is 12.0 Å². The minimum absolute atomic E-state index is 0.253. The normalized spacial score (nSPS) is 15.2. The van der Waals surface area contributed by atoms with Gasteiger partial charge in [0.15, 0.2) is 0 Å². The molecule has 0 saturated carbocycles. The summed E-state index contributed by atoms with van der Waals surface area (Å²) in [6, 6.07) is 12.3. The van der Waals surface area contributed by atoms with Gasteiger partial charge in [0.05, 0.1) is 7.11 Å². The van der Waals surface area contributed by atoms with Crippen LogP contribution in [0.1, 0.15) is 23.1 Å². The molecular formula is C20H19FN2O2. The van der Waals surface area contributed by atoms with Gasteiger partial charge in [-0.1, -0.05) is 24.3 Å². The van der Waals surface area contributed by atoms with E-state index in [1.807, 2.05) is 12.1 Å². The van der Waals surface area contributed by atoms with Crippen molar-refractivity contribution in [3.63, 3.8) is 0 Å². The van der Waals surface area contributed by atoms with Gasteiger partial charge in [-0.2, -0.15) is 0 Å². The van der Waals surface area contributed by atoms with Gasteiger partial charge in [-0.15, -0.1) is 0 Å². The molecule has 5 heteroatoms. The Labute approximate surface area is 146 Å².